The number of nitrogens with one attached hydrogen (secondary N) is 1. The molecule has 0 spiro atoms. The number of hydrogen-bond acceptors (Lipinski definition) is 6. The molecule has 0 fully saturated rings. The lowest BCUT2D eigenvalue weighted by Crippen LogP contribution is -2.36. The van der Waals surface area contributed by atoms with Crippen molar-refractivity contribution in [3.05, 3.63) is 66.1 Å². The third-order valence-corrected chi connectivity index (χ3v) is 6.08. The largest absolute Gasteiger partial charge is 0.416 e. The van der Waals surface area contributed by atoms with Crippen LogP contribution in [0.4, 0.5) is 24.7 Å². The monoisotopic (exact) mass is 512 g/mol. The molecule has 1 aromatic heterocycles. The number of fused-ring (bicyclic) bond motifs is 1. The van der Waals surface area contributed by atoms with Crippen LogP contribution in [0.1, 0.15) is 39.2 Å². The molecule has 0 bridgehead atoms. The molecule has 10 heteroatoms. The minimum atomic E-state index is -4.44. The Morgan fingerprint density at radius 3 is 2.64 bits per heavy atom. The second kappa shape index (κ2) is 9.97. The molecule has 6 nitrogen and oxygen atoms in total. The number of hydrogen-bond donors (Lipinski definition) is 1. The van der Waals surface area contributed by atoms with E-state index in [2.05, 4.69) is 45.0 Å². The van der Waals surface area contributed by atoms with E-state index in [4.69, 9.17) is 9.98 Å². The highest BCUT2D eigenvalue weighted by Crippen LogP contribution is 2.35. The zero-order chi connectivity index (χ0) is 26.1. The van der Waals surface area contributed by atoms with E-state index in [0.29, 0.717) is 53.9 Å². The maximum atomic E-state index is 13.3. The topological polar surface area (TPSA) is 65.2 Å². The Balaban J connectivity index is 1.68. The Morgan fingerprint density at radius 2 is 1.92 bits per heavy atom. The lowest BCUT2D eigenvalue weighted by Gasteiger charge is -2.26. The van der Waals surface area contributed by atoms with Crippen molar-refractivity contribution in [3.8, 4) is 11.3 Å². The van der Waals surface area contributed by atoms with Crippen LogP contribution in [0.5, 0.6) is 0 Å². The smallest absolute Gasteiger partial charge is 0.311 e. The van der Waals surface area contributed by atoms with Crippen molar-refractivity contribution in [2.45, 2.75) is 44.9 Å². The van der Waals surface area contributed by atoms with Crippen molar-refractivity contribution in [1.82, 2.24) is 10.3 Å². The minimum absolute atomic E-state index is 0.213. The number of anilines is 1. The maximum Gasteiger partial charge on any atom is 0.416 e. The number of aliphatic imine (C=N–C) groups is 3. The maximum absolute atomic E-state index is 13.3. The normalized spacial score (nSPS) is 16.3. The van der Waals surface area contributed by atoms with Gasteiger partial charge in [0, 0.05) is 47.7 Å². The van der Waals surface area contributed by atoms with Gasteiger partial charge in [-0.2, -0.15) is 13.2 Å². The summed E-state index contributed by atoms with van der Waals surface area (Å²) in [4.78, 5) is 20.4. The number of allylic oxidation sites excluding steroid dienone is 2. The van der Waals surface area contributed by atoms with E-state index in [0.717, 1.165) is 23.5 Å². The highest BCUT2D eigenvalue weighted by molar-refractivity contribution is 7.21. The Bertz CT molecular complexity index is 1300. The summed E-state index contributed by atoms with van der Waals surface area (Å²) in [7, 11) is 2.80. The van der Waals surface area contributed by atoms with E-state index in [9.17, 15) is 13.2 Å². The highest BCUT2D eigenvalue weighted by atomic mass is 31.0. The van der Waals surface area contributed by atoms with Gasteiger partial charge in [0.2, 0.25) is 5.96 Å². The number of pyridine rings is 1. The van der Waals surface area contributed by atoms with Crippen molar-refractivity contribution >= 4 is 38.6 Å². The summed E-state index contributed by atoms with van der Waals surface area (Å²) >= 11 is 0. The van der Waals surface area contributed by atoms with Gasteiger partial charge in [-0.3, -0.25) is 4.99 Å². The van der Waals surface area contributed by atoms with Gasteiger partial charge in [-0.25, -0.2) is 15.0 Å². The van der Waals surface area contributed by atoms with Gasteiger partial charge in [0.15, 0.2) is 5.82 Å². The Hall–Kier alpha value is -3.32. The molecule has 2 aliphatic rings. The van der Waals surface area contributed by atoms with Gasteiger partial charge in [0.1, 0.15) is 11.5 Å². The van der Waals surface area contributed by atoms with E-state index in [1.165, 1.54) is 6.07 Å². The summed E-state index contributed by atoms with van der Waals surface area (Å²) in [5.74, 6) is 1.40. The molecule has 3 heterocycles. The summed E-state index contributed by atoms with van der Waals surface area (Å²) in [6.45, 7) is 10.8. The van der Waals surface area contributed by atoms with Gasteiger partial charge in [-0.15, -0.1) is 9.24 Å². The van der Waals surface area contributed by atoms with Crippen LogP contribution in [0.3, 0.4) is 0 Å². The number of halogens is 3. The average molecular weight is 513 g/mol. The predicted molar refractivity (Wildman–Crippen MR) is 144 cm³/mol. The van der Waals surface area contributed by atoms with Crippen LogP contribution in [-0.4, -0.2) is 34.6 Å². The van der Waals surface area contributed by atoms with Crippen molar-refractivity contribution in [2.75, 3.05) is 11.4 Å². The van der Waals surface area contributed by atoms with Crippen molar-refractivity contribution in [3.63, 3.8) is 0 Å². The van der Waals surface area contributed by atoms with E-state index in [-0.39, 0.29) is 5.16 Å². The van der Waals surface area contributed by atoms with Gasteiger partial charge < -0.3 is 10.2 Å². The van der Waals surface area contributed by atoms with Crippen molar-refractivity contribution in [1.29, 1.82) is 0 Å². The first-order valence-electron chi connectivity index (χ1n) is 11.5. The summed E-state index contributed by atoms with van der Waals surface area (Å²) in [6.07, 6.45) is 0.703. The van der Waals surface area contributed by atoms with Crippen LogP contribution >= 0.6 is 9.24 Å². The first-order valence-corrected chi connectivity index (χ1v) is 12.1. The number of benzene rings is 1. The SMILES string of the molecule is C=C(NC1=NC(C)=CCC(C(C)(C)P)=N1)N1CCC=Nc2ccc(-c3cccc(C(F)(F)F)c3)nc21. The van der Waals surface area contributed by atoms with Crippen LogP contribution in [0.2, 0.25) is 0 Å². The van der Waals surface area contributed by atoms with Crippen LogP contribution in [0.15, 0.2) is 75.5 Å². The number of nitrogens with zero attached hydrogens (tertiary/aromatic N) is 5. The molecule has 0 saturated heterocycles. The molecule has 0 saturated carbocycles. The van der Waals surface area contributed by atoms with Crippen molar-refractivity contribution < 1.29 is 13.2 Å². The molecular formula is C26H28F3N6P. The Morgan fingerprint density at radius 1 is 1.14 bits per heavy atom. The molecule has 1 aromatic carbocycles. The Labute approximate surface area is 211 Å². The third-order valence-electron chi connectivity index (χ3n) is 5.75. The third kappa shape index (κ3) is 5.90. The minimum Gasteiger partial charge on any atom is -0.311 e. The zero-order valence-electron chi connectivity index (χ0n) is 20.4. The fourth-order valence-corrected chi connectivity index (χ4v) is 3.97. The summed E-state index contributed by atoms with van der Waals surface area (Å²) in [5, 5.41) is 3.00. The standard InChI is InChI=1S/C26H28F3N6P/c1-16-9-12-22(25(3,4)36)34-24(31-16)32-17(2)35-14-6-13-30-21-11-10-20(33-23(21)35)18-7-5-8-19(15-18)26(27,28)29/h5,7-11,13,15H,2,6,12,14,36H2,1,3-4H3,(H,31,32). The van der Waals surface area contributed by atoms with Crippen LogP contribution in [0, 0.1) is 0 Å². The summed E-state index contributed by atoms with van der Waals surface area (Å²) < 4.78 is 39.8. The highest BCUT2D eigenvalue weighted by Gasteiger charge is 2.31. The second-order valence-electron chi connectivity index (χ2n) is 9.21. The Kier molecular flexibility index (Phi) is 7.14. The van der Waals surface area contributed by atoms with Gasteiger partial charge in [-0.1, -0.05) is 38.6 Å². The number of rotatable bonds is 4. The van der Waals surface area contributed by atoms with Crippen LogP contribution in [0.25, 0.3) is 11.3 Å². The lowest BCUT2D eigenvalue weighted by molar-refractivity contribution is -0.137. The van der Waals surface area contributed by atoms with Gasteiger partial charge in [-0.05, 0) is 31.2 Å². The molecule has 4 rings (SSSR count). The van der Waals surface area contributed by atoms with E-state index in [1.807, 2.05) is 17.9 Å². The number of guanidine groups is 1. The molecular weight excluding hydrogens is 484 g/mol. The van der Waals surface area contributed by atoms with Crippen molar-refractivity contribution in [2.24, 2.45) is 15.0 Å². The molecule has 0 radical (unpaired) electrons. The van der Waals surface area contributed by atoms with E-state index in [1.54, 1.807) is 24.4 Å². The molecule has 1 atom stereocenters. The number of alkyl halides is 3. The lowest BCUT2D eigenvalue weighted by atomic mass is 10.0. The fourth-order valence-electron chi connectivity index (χ4n) is 3.79. The molecule has 0 amide bonds. The van der Waals surface area contributed by atoms with Crippen LogP contribution in [-0.2, 0) is 6.18 Å². The molecule has 1 unspecified atom stereocenters. The molecule has 2 aromatic rings. The first-order chi connectivity index (χ1) is 16.9. The summed E-state index contributed by atoms with van der Waals surface area (Å²) in [5.41, 5.74) is 2.44. The molecule has 2 aliphatic heterocycles. The molecule has 1 N–H and O–H groups in total. The molecule has 0 aliphatic carbocycles. The van der Waals surface area contributed by atoms with Gasteiger partial charge in [0.05, 0.1) is 11.3 Å². The van der Waals surface area contributed by atoms with E-state index >= 15 is 0 Å². The second-order valence-corrected chi connectivity index (χ2v) is 10.7. The quantitative estimate of drug-likeness (QED) is 0.476. The fraction of sp³-hybridized carbons (Fsp3) is 0.308. The van der Waals surface area contributed by atoms with Gasteiger partial charge in [0.25, 0.3) is 0 Å². The predicted octanol–water partition coefficient (Wildman–Crippen LogP) is 6.50. The molecule has 188 valence electrons. The average Bonchev–Trinajstić information content (AvgIpc) is 3.13. The van der Waals surface area contributed by atoms with Crippen LogP contribution < -0.4 is 10.2 Å². The molecule has 36 heavy (non-hydrogen) atoms. The first kappa shape index (κ1) is 25.8. The van der Waals surface area contributed by atoms with Gasteiger partial charge >= 0.3 is 6.18 Å². The summed E-state index contributed by atoms with van der Waals surface area (Å²) in [6, 6.07) is 8.56. The number of aromatic nitrogens is 1. The van der Waals surface area contributed by atoms with E-state index < -0.39 is 11.7 Å². The zero-order valence-corrected chi connectivity index (χ0v) is 21.5.